The molecule has 2 aliphatic rings. The molecule has 2 saturated heterocycles. The van der Waals surface area contributed by atoms with Crippen LogP contribution in [0.5, 0.6) is 0 Å². The molecule has 3 heterocycles. The zero-order chi connectivity index (χ0) is 29.3. The van der Waals surface area contributed by atoms with Crippen LogP contribution < -0.4 is 15.5 Å². The molecule has 1 aromatic heterocycles. The number of ether oxygens (including phenoxy) is 2. The first-order valence-electron chi connectivity index (χ1n) is 13.6. The van der Waals surface area contributed by atoms with E-state index in [-0.39, 0.29) is 16.8 Å². The van der Waals surface area contributed by atoms with Crippen molar-refractivity contribution in [2.45, 2.75) is 28.7 Å². The van der Waals surface area contributed by atoms with Crippen LogP contribution in [0.1, 0.15) is 23.2 Å². The second kappa shape index (κ2) is 11.7. The number of aromatic nitrogens is 2. The van der Waals surface area contributed by atoms with Crippen molar-refractivity contribution in [1.29, 1.82) is 0 Å². The average molecular weight is 598 g/mol. The summed E-state index contributed by atoms with van der Waals surface area (Å²) in [7, 11) is -4.26. The summed E-state index contributed by atoms with van der Waals surface area (Å²) >= 11 is 0. The third-order valence-electron chi connectivity index (χ3n) is 7.43. The zero-order valence-corrected chi connectivity index (χ0v) is 23.3. The molecule has 3 N–H and O–H groups in total. The maximum atomic E-state index is 13.8. The number of carbonyl (C=O) groups is 1. The lowest BCUT2D eigenvalue weighted by molar-refractivity contribution is 0.0904. The number of nitrogens with one attached hydrogen (secondary N) is 3. The molecule has 2 aliphatic heterocycles. The summed E-state index contributed by atoms with van der Waals surface area (Å²) in [5.41, 5.74) is 2.50. The number of anilines is 3. The van der Waals surface area contributed by atoms with Gasteiger partial charge in [0.2, 0.25) is 9.84 Å². The van der Waals surface area contributed by atoms with Gasteiger partial charge in [-0.2, -0.15) is 5.10 Å². The van der Waals surface area contributed by atoms with Crippen LogP contribution in [0, 0.1) is 11.6 Å². The van der Waals surface area contributed by atoms with Gasteiger partial charge in [-0.25, -0.2) is 17.2 Å². The zero-order valence-electron chi connectivity index (χ0n) is 22.5. The molecule has 6 rings (SSSR count). The second-order valence-electron chi connectivity index (χ2n) is 10.2. The van der Waals surface area contributed by atoms with Crippen LogP contribution in [0.3, 0.4) is 0 Å². The Morgan fingerprint density at radius 3 is 2.36 bits per heavy atom. The van der Waals surface area contributed by atoms with E-state index in [9.17, 15) is 22.0 Å². The summed E-state index contributed by atoms with van der Waals surface area (Å²) in [4.78, 5) is 15.1. The number of amides is 1. The number of carbonyl (C=O) groups excluding carboxylic acids is 1. The van der Waals surface area contributed by atoms with E-state index in [0.29, 0.717) is 54.6 Å². The number of H-pyrrole nitrogens is 1. The maximum Gasteiger partial charge on any atom is 0.258 e. The summed E-state index contributed by atoms with van der Waals surface area (Å²) in [6, 6.07) is 12.0. The Bertz CT molecular complexity index is 1710. The first-order chi connectivity index (χ1) is 20.3. The Morgan fingerprint density at radius 1 is 0.905 bits per heavy atom. The molecular formula is C29H29F2N5O5S. The lowest BCUT2D eigenvalue weighted by Crippen LogP contribution is -2.36. The predicted molar refractivity (Wildman–Crippen MR) is 153 cm³/mol. The van der Waals surface area contributed by atoms with Crippen LogP contribution in [-0.4, -0.2) is 70.1 Å². The predicted octanol–water partition coefficient (Wildman–Crippen LogP) is 4.35. The molecule has 0 bridgehead atoms. The number of hydrogen-bond donors (Lipinski definition) is 3. The molecule has 0 saturated carbocycles. The van der Waals surface area contributed by atoms with Crippen molar-refractivity contribution in [2.75, 3.05) is 55.1 Å². The highest BCUT2D eigenvalue weighted by Crippen LogP contribution is 2.31. The fourth-order valence-corrected chi connectivity index (χ4v) is 6.51. The molecule has 0 radical (unpaired) electrons. The maximum absolute atomic E-state index is 13.8. The molecule has 2 fully saturated rings. The molecule has 0 spiro atoms. The summed E-state index contributed by atoms with van der Waals surface area (Å²) < 4.78 is 64.9. The fraction of sp³-hybridized carbons (Fsp3) is 0.310. The molecule has 4 aromatic rings. The number of aromatic amines is 1. The third kappa shape index (κ3) is 5.80. The van der Waals surface area contributed by atoms with Crippen LogP contribution in [0.15, 0.2) is 64.4 Å². The molecular weight excluding hydrogens is 568 g/mol. The van der Waals surface area contributed by atoms with Gasteiger partial charge in [-0.3, -0.25) is 9.89 Å². The number of sulfone groups is 1. The van der Waals surface area contributed by atoms with E-state index in [2.05, 4.69) is 25.7 Å². The number of rotatable bonds is 7. The van der Waals surface area contributed by atoms with Gasteiger partial charge in [0.1, 0.15) is 11.6 Å². The van der Waals surface area contributed by atoms with Crippen LogP contribution >= 0.6 is 0 Å². The third-order valence-corrected chi connectivity index (χ3v) is 9.16. The van der Waals surface area contributed by atoms with Gasteiger partial charge >= 0.3 is 0 Å². The van der Waals surface area contributed by atoms with Crippen molar-refractivity contribution < 1.29 is 31.5 Å². The number of benzene rings is 3. The normalized spacial score (nSPS) is 16.5. The van der Waals surface area contributed by atoms with E-state index in [1.165, 1.54) is 18.2 Å². The van der Waals surface area contributed by atoms with Gasteiger partial charge in [0.05, 0.1) is 34.1 Å². The Hall–Kier alpha value is -4.07. The van der Waals surface area contributed by atoms with E-state index in [4.69, 9.17) is 9.47 Å². The summed E-state index contributed by atoms with van der Waals surface area (Å²) in [6.45, 7) is 4.01. The molecule has 10 nitrogen and oxygen atoms in total. The van der Waals surface area contributed by atoms with Crippen molar-refractivity contribution in [3.8, 4) is 0 Å². The quantitative estimate of drug-likeness (QED) is 0.287. The van der Waals surface area contributed by atoms with Crippen molar-refractivity contribution in [3.05, 3.63) is 71.8 Å². The highest BCUT2D eigenvalue weighted by molar-refractivity contribution is 7.91. The number of halogens is 2. The number of nitrogens with zero attached hydrogens (tertiary/aromatic N) is 2. The summed E-state index contributed by atoms with van der Waals surface area (Å²) in [5, 5.41) is 13.6. The van der Waals surface area contributed by atoms with E-state index in [1.807, 2.05) is 12.1 Å². The minimum absolute atomic E-state index is 0.117. The number of morpholine rings is 1. The number of fused-ring (bicyclic) bond motifs is 1. The van der Waals surface area contributed by atoms with Gasteiger partial charge in [0, 0.05) is 55.2 Å². The Balaban J connectivity index is 1.31. The molecule has 1 amide bonds. The van der Waals surface area contributed by atoms with Crippen molar-refractivity contribution in [3.63, 3.8) is 0 Å². The summed E-state index contributed by atoms with van der Waals surface area (Å²) in [6.07, 6.45) is 1.61. The van der Waals surface area contributed by atoms with Gasteiger partial charge in [0.15, 0.2) is 5.82 Å². The largest absolute Gasteiger partial charge is 0.381 e. The molecule has 3 aromatic carbocycles. The minimum Gasteiger partial charge on any atom is -0.381 e. The SMILES string of the molecule is O=C(Nc1n[nH]c2ccc(S(=O)(=O)c3cc(F)cc(F)c3)cc12)c1ccc(N2CCOCC2)cc1NC1CCOCC1. The first kappa shape index (κ1) is 28.1. The summed E-state index contributed by atoms with van der Waals surface area (Å²) in [5.74, 6) is -2.33. The lowest BCUT2D eigenvalue weighted by Gasteiger charge is -2.30. The van der Waals surface area contributed by atoms with Gasteiger partial charge in [0.25, 0.3) is 5.91 Å². The van der Waals surface area contributed by atoms with Crippen molar-refractivity contribution in [1.82, 2.24) is 10.2 Å². The van der Waals surface area contributed by atoms with Crippen LogP contribution in [-0.2, 0) is 19.3 Å². The average Bonchev–Trinajstić information content (AvgIpc) is 3.39. The number of hydrogen-bond acceptors (Lipinski definition) is 8. The van der Waals surface area contributed by atoms with Gasteiger partial charge < -0.3 is 25.0 Å². The van der Waals surface area contributed by atoms with Gasteiger partial charge in [-0.1, -0.05) is 0 Å². The Kier molecular flexibility index (Phi) is 7.80. The van der Waals surface area contributed by atoms with E-state index in [0.717, 1.165) is 43.8 Å². The van der Waals surface area contributed by atoms with Gasteiger partial charge in [-0.15, -0.1) is 0 Å². The Morgan fingerprint density at radius 2 is 1.62 bits per heavy atom. The first-order valence-corrected chi connectivity index (χ1v) is 15.1. The monoisotopic (exact) mass is 597 g/mol. The van der Waals surface area contributed by atoms with E-state index < -0.39 is 32.3 Å². The Labute approximate surface area is 240 Å². The standard InChI is InChI=1S/C29H29F2N5O5S/c30-18-13-19(31)15-23(14-18)42(38,39)22-2-4-26-25(17-22)28(35-34-26)33-29(37)24-3-1-21(36-7-11-41-12-8-36)16-27(24)32-20-5-9-40-10-6-20/h1-4,13-17,20,32H,5-12H2,(H2,33,34,35,37). The van der Waals surface area contributed by atoms with E-state index >= 15 is 0 Å². The fourth-order valence-electron chi connectivity index (χ4n) is 5.18. The molecule has 220 valence electrons. The molecule has 0 unspecified atom stereocenters. The van der Waals surface area contributed by atoms with Crippen LogP contribution in [0.2, 0.25) is 0 Å². The molecule has 13 heteroatoms. The molecule has 42 heavy (non-hydrogen) atoms. The van der Waals surface area contributed by atoms with Crippen LogP contribution in [0.4, 0.5) is 26.0 Å². The molecule has 0 atom stereocenters. The highest BCUT2D eigenvalue weighted by atomic mass is 32.2. The highest BCUT2D eigenvalue weighted by Gasteiger charge is 2.24. The smallest absolute Gasteiger partial charge is 0.258 e. The van der Waals surface area contributed by atoms with E-state index in [1.54, 1.807) is 6.07 Å². The van der Waals surface area contributed by atoms with Crippen molar-refractivity contribution >= 4 is 43.8 Å². The molecule has 0 aliphatic carbocycles. The van der Waals surface area contributed by atoms with Crippen LogP contribution in [0.25, 0.3) is 10.9 Å². The lowest BCUT2D eigenvalue weighted by atomic mass is 10.1. The minimum atomic E-state index is -4.26. The second-order valence-corrected chi connectivity index (χ2v) is 12.2. The topological polar surface area (TPSA) is 126 Å². The van der Waals surface area contributed by atoms with Gasteiger partial charge in [-0.05, 0) is 61.4 Å². The van der Waals surface area contributed by atoms with Crippen molar-refractivity contribution in [2.24, 2.45) is 0 Å².